The Balaban J connectivity index is 1.84. The van der Waals surface area contributed by atoms with E-state index in [-0.39, 0.29) is 10.8 Å². The summed E-state index contributed by atoms with van der Waals surface area (Å²) in [5, 5.41) is 2.84. The molecule has 2 aromatic carbocycles. The van der Waals surface area contributed by atoms with E-state index < -0.39 is 11.1 Å². The first kappa shape index (κ1) is 20.7. The summed E-state index contributed by atoms with van der Waals surface area (Å²) in [7, 11) is 3.66. The number of amides is 1. The van der Waals surface area contributed by atoms with Gasteiger partial charge in [0.2, 0.25) is 5.91 Å². The number of nitrogens with one attached hydrogen (secondary N) is 1. The van der Waals surface area contributed by atoms with Crippen molar-refractivity contribution in [1.29, 1.82) is 0 Å². The molecule has 3 rings (SSSR count). The first-order valence-corrected chi connectivity index (χ1v) is 9.91. The maximum absolute atomic E-state index is 11.9. The number of pyridine rings is 1. The second kappa shape index (κ2) is 8.95. The summed E-state index contributed by atoms with van der Waals surface area (Å²) in [6.07, 6.45) is 1.65. The Morgan fingerprint density at radius 2 is 1.69 bits per heavy atom. The van der Waals surface area contributed by atoms with Crippen molar-refractivity contribution in [2.24, 2.45) is 0 Å². The largest absolute Gasteiger partial charge is 0.768 e. The third kappa shape index (κ3) is 5.26. The summed E-state index contributed by atoms with van der Waals surface area (Å²) in [5.41, 5.74) is 10.0. The normalized spacial score (nSPS) is 12.0. The van der Waals surface area contributed by atoms with Crippen molar-refractivity contribution in [3.05, 3.63) is 60.8 Å². The molecule has 150 valence electrons. The van der Waals surface area contributed by atoms with Crippen molar-refractivity contribution in [2.75, 3.05) is 31.7 Å². The predicted molar refractivity (Wildman–Crippen MR) is 114 cm³/mol. The van der Waals surface area contributed by atoms with Crippen LogP contribution in [0, 0.1) is 0 Å². The Hall–Kier alpha value is -3.07. The van der Waals surface area contributed by atoms with Gasteiger partial charge >= 0.3 is 0 Å². The molecule has 0 saturated carbocycles. The van der Waals surface area contributed by atoms with E-state index in [1.807, 2.05) is 44.4 Å². The summed E-state index contributed by atoms with van der Waals surface area (Å²) in [5.74, 6) is 0.295. The van der Waals surface area contributed by atoms with Crippen LogP contribution >= 0.6 is 0 Å². The fraction of sp³-hybridized carbons (Fsp3) is 0.143. The maximum atomic E-state index is 11.9. The smallest absolute Gasteiger partial charge is 0.238 e. The van der Waals surface area contributed by atoms with E-state index in [4.69, 9.17) is 5.73 Å². The van der Waals surface area contributed by atoms with Crippen LogP contribution in [0.15, 0.2) is 65.7 Å². The summed E-state index contributed by atoms with van der Waals surface area (Å²) in [4.78, 5) is 18.2. The van der Waals surface area contributed by atoms with E-state index in [0.717, 1.165) is 22.3 Å². The Labute approximate surface area is 171 Å². The number of rotatable bonds is 6. The van der Waals surface area contributed by atoms with Crippen molar-refractivity contribution in [1.82, 2.24) is 9.88 Å². The molecule has 7 nitrogen and oxygen atoms in total. The van der Waals surface area contributed by atoms with Crippen LogP contribution in [-0.4, -0.2) is 45.2 Å². The summed E-state index contributed by atoms with van der Waals surface area (Å²) < 4.78 is 22.0. The average Bonchev–Trinajstić information content (AvgIpc) is 2.68. The molecule has 1 unspecified atom stereocenters. The van der Waals surface area contributed by atoms with Crippen LogP contribution in [0.25, 0.3) is 22.3 Å². The van der Waals surface area contributed by atoms with Gasteiger partial charge in [0.05, 0.1) is 6.54 Å². The minimum atomic E-state index is -2.26. The number of anilines is 2. The fourth-order valence-corrected chi connectivity index (χ4v) is 3.20. The number of nitrogen functional groups attached to an aromatic ring is 1. The number of likely N-dealkylation sites (N-methyl/N-ethyl adjacent to an activating group) is 1. The molecule has 1 heterocycles. The number of benzene rings is 2. The van der Waals surface area contributed by atoms with Gasteiger partial charge in [0.25, 0.3) is 0 Å². The van der Waals surface area contributed by atoms with Gasteiger partial charge in [-0.2, -0.15) is 0 Å². The van der Waals surface area contributed by atoms with Gasteiger partial charge in [0, 0.05) is 27.9 Å². The van der Waals surface area contributed by atoms with E-state index in [1.165, 1.54) is 0 Å². The third-order valence-electron chi connectivity index (χ3n) is 4.24. The standard InChI is InChI=1S/C21H22N4O3S/c1-25(2)13-20(26)24-17-7-3-15(4-8-17)19-11-16(12-23-21(19)22)14-5-9-18(10-6-14)29(27)28/h3-12H,13H2,1-2H3,(H2,22,23)(H,24,26)(H,27,28)/p-1. The molecule has 3 N–H and O–H groups in total. The summed E-state index contributed by atoms with van der Waals surface area (Å²) in [6, 6.07) is 15.8. The van der Waals surface area contributed by atoms with Crippen LogP contribution in [0.2, 0.25) is 0 Å². The molecule has 0 aliphatic rings. The number of nitrogens with zero attached hydrogens (tertiary/aromatic N) is 2. The van der Waals surface area contributed by atoms with Crippen LogP contribution in [0.5, 0.6) is 0 Å². The minimum Gasteiger partial charge on any atom is -0.768 e. The van der Waals surface area contributed by atoms with Gasteiger partial charge in [-0.1, -0.05) is 24.3 Å². The molecule has 0 aliphatic carbocycles. The van der Waals surface area contributed by atoms with Gasteiger partial charge in [-0.3, -0.25) is 9.00 Å². The number of hydrogen-bond acceptors (Lipinski definition) is 6. The second-order valence-corrected chi connectivity index (χ2v) is 7.72. The minimum absolute atomic E-state index is 0.0895. The zero-order chi connectivity index (χ0) is 21.0. The molecule has 0 bridgehead atoms. The molecular formula is C21H21N4O3S-. The summed E-state index contributed by atoms with van der Waals surface area (Å²) in [6.45, 7) is 0.305. The zero-order valence-corrected chi connectivity index (χ0v) is 16.9. The highest BCUT2D eigenvalue weighted by atomic mass is 32.2. The zero-order valence-electron chi connectivity index (χ0n) is 16.1. The van der Waals surface area contributed by atoms with Crippen molar-refractivity contribution in [3.8, 4) is 22.3 Å². The van der Waals surface area contributed by atoms with Crippen LogP contribution < -0.4 is 11.1 Å². The lowest BCUT2D eigenvalue weighted by Gasteiger charge is -2.12. The van der Waals surface area contributed by atoms with Crippen LogP contribution in [0.4, 0.5) is 11.5 Å². The van der Waals surface area contributed by atoms with E-state index >= 15 is 0 Å². The molecule has 1 aromatic heterocycles. The lowest BCUT2D eigenvalue weighted by Crippen LogP contribution is -2.27. The number of nitrogens with two attached hydrogens (primary N) is 1. The number of carbonyl (C=O) groups excluding carboxylic acids is 1. The Morgan fingerprint density at radius 1 is 1.07 bits per heavy atom. The lowest BCUT2D eigenvalue weighted by atomic mass is 10.0. The highest BCUT2D eigenvalue weighted by Crippen LogP contribution is 2.30. The van der Waals surface area contributed by atoms with Gasteiger partial charge in [0.15, 0.2) is 0 Å². The van der Waals surface area contributed by atoms with Gasteiger partial charge in [-0.15, -0.1) is 0 Å². The van der Waals surface area contributed by atoms with E-state index in [2.05, 4.69) is 10.3 Å². The molecule has 0 saturated heterocycles. The number of hydrogen-bond donors (Lipinski definition) is 2. The molecule has 1 amide bonds. The quantitative estimate of drug-likeness (QED) is 0.606. The molecule has 1 atom stereocenters. The Kier molecular flexibility index (Phi) is 6.38. The van der Waals surface area contributed by atoms with Gasteiger partial charge < -0.3 is 20.5 Å². The Morgan fingerprint density at radius 3 is 2.28 bits per heavy atom. The molecule has 3 aromatic rings. The first-order chi connectivity index (χ1) is 13.8. The number of carbonyl (C=O) groups is 1. The topological polar surface area (TPSA) is 111 Å². The fourth-order valence-electron chi connectivity index (χ4n) is 2.84. The number of aromatic nitrogens is 1. The van der Waals surface area contributed by atoms with Crippen molar-refractivity contribution < 1.29 is 13.6 Å². The van der Waals surface area contributed by atoms with Gasteiger partial charge in [-0.25, -0.2) is 4.98 Å². The predicted octanol–water partition coefficient (Wildman–Crippen LogP) is 2.74. The summed E-state index contributed by atoms with van der Waals surface area (Å²) >= 11 is -2.26. The second-order valence-electron chi connectivity index (χ2n) is 6.78. The molecule has 0 radical (unpaired) electrons. The average molecular weight is 409 g/mol. The van der Waals surface area contributed by atoms with Crippen LogP contribution in [0.3, 0.4) is 0 Å². The molecule has 0 spiro atoms. The molecule has 0 fully saturated rings. The molecule has 0 aliphatic heterocycles. The van der Waals surface area contributed by atoms with Crippen molar-refractivity contribution in [3.63, 3.8) is 0 Å². The van der Waals surface area contributed by atoms with Crippen LogP contribution in [-0.2, 0) is 15.9 Å². The maximum Gasteiger partial charge on any atom is 0.238 e. The Bertz CT molecular complexity index is 1030. The van der Waals surface area contributed by atoms with Crippen molar-refractivity contribution >= 4 is 28.5 Å². The van der Waals surface area contributed by atoms with Gasteiger partial charge in [0.1, 0.15) is 5.82 Å². The molecule has 8 heteroatoms. The van der Waals surface area contributed by atoms with Crippen molar-refractivity contribution in [2.45, 2.75) is 4.90 Å². The third-order valence-corrected chi connectivity index (χ3v) is 4.90. The highest BCUT2D eigenvalue weighted by Gasteiger charge is 2.09. The van der Waals surface area contributed by atoms with E-state index in [9.17, 15) is 13.6 Å². The van der Waals surface area contributed by atoms with Crippen LogP contribution in [0.1, 0.15) is 0 Å². The molecular weight excluding hydrogens is 388 g/mol. The SMILES string of the molecule is CN(C)CC(=O)Nc1ccc(-c2cc(-c3ccc(S(=O)[O-])cc3)cnc2N)cc1. The highest BCUT2D eigenvalue weighted by molar-refractivity contribution is 7.79. The first-order valence-electron chi connectivity index (χ1n) is 8.84. The lowest BCUT2D eigenvalue weighted by molar-refractivity contribution is -0.116. The van der Waals surface area contributed by atoms with E-state index in [0.29, 0.717) is 18.1 Å². The molecule has 29 heavy (non-hydrogen) atoms. The van der Waals surface area contributed by atoms with E-state index in [1.54, 1.807) is 35.4 Å². The van der Waals surface area contributed by atoms with Gasteiger partial charge in [-0.05, 0) is 66.6 Å². The monoisotopic (exact) mass is 409 g/mol.